The summed E-state index contributed by atoms with van der Waals surface area (Å²) in [5.74, 6) is 2.85. The summed E-state index contributed by atoms with van der Waals surface area (Å²) in [6.45, 7) is 4.91. The number of carbonyl (C=O) groups excluding carboxylic acids is 1. The van der Waals surface area contributed by atoms with Gasteiger partial charge in [0.05, 0.1) is 19.5 Å². The van der Waals surface area contributed by atoms with E-state index in [1.165, 1.54) is 11.8 Å². The molecule has 1 heterocycles. The Morgan fingerprint density at radius 1 is 1.13 bits per heavy atom. The molecule has 3 aromatic rings. The van der Waals surface area contributed by atoms with Crippen molar-refractivity contribution in [2.24, 2.45) is 13.0 Å². The first kappa shape index (κ1) is 21.7. The molecule has 0 saturated carbocycles. The van der Waals surface area contributed by atoms with Crippen molar-refractivity contribution in [2.45, 2.75) is 19.0 Å². The van der Waals surface area contributed by atoms with Crippen molar-refractivity contribution in [2.75, 3.05) is 24.8 Å². The Morgan fingerprint density at radius 3 is 2.60 bits per heavy atom. The fourth-order valence-corrected chi connectivity index (χ4v) is 3.39. The number of benzene rings is 2. The minimum absolute atomic E-state index is 0.121. The van der Waals surface area contributed by atoms with Gasteiger partial charge in [0.1, 0.15) is 11.5 Å². The van der Waals surface area contributed by atoms with E-state index in [9.17, 15) is 4.79 Å². The Balaban J connectivity index is 1.59. The Morgan fingerprint density at radius 2 is 1.90 bits per heavy atom. The van der Waals surface area contributed by atoms with E-state index in [1.54, 1.807) is 13.2 Å². The maximum absolute atomic E-state index is 12.3. The van der Waals surface area contributed by atoms with Crippen molar-refractivity contribution in [3.8, 4) is 22.9 Å². The number of thioether (sulfide) groups is 1. The van der Waals surface area contributed by atoms with Crippen LogP contribution in [0.25, 0.3) is 11.4 Å². The lowest BCUT2D eigenvalue weighted by Crippen LogP contribution is -2.14. The molecule has 0 saturated heterocycles. The summed E-state index contributed by atoms with van der Waals surface area (Å²) in [5.41, 5.74) is 1.63. The number of rotatable bonds is 9. The van der Waals surface area contributed by atoms with Gasteiger partial charge in [-0.15, -0.1) is 10.2 Å². The number of hydrogen-bond acceptors (Lipinski definition) is 6. The molecule has 2 aromatic carbocycles. The number of aromatic nitrogens is 3. The molecule has 0 aliphatic rings. The second kappa shape index (κ2) is 10.2. The van der Waals surface area contributed by atoms with Gasteiger partial charge in [-0.1, -0.05) is 31.7 Å². The largest absolute Gasteiger partial charge is 0.497 e. The zero-order chi connectivity index (χ0) is 21.5. The number of amides is 1. The SMILES string of the molecule is COc1cccc(NC(=O)CSc2nnc(-c3ccc(OCC(C)C)cc3)n2C)c1. The number of carbonyl (C=O) groups is 1. The highest BCUT2D eigenvalue weighted by molar-refractivity contribution is 7.99. The lowest BCUT2D eigenvalue weighted by Gasteiger charge is -2.09. The van der Waals surface area contributed by atoms with Crippen molar-refractivity contribution in [3.63, 3.8) is 0 Å². The van der Waals surface area contributed by atoms with E-state index in [0.29, 0.717) is 29.1 Å². The van der Waals surface area contributed by atoms with Gasteiger partial charge in [-0.05, 0) is 42.3 Å². The van der Waals surface area contributed by atoms with E-state index in [0.717, 1.165) is 17.1 Å². The van der Waals surface area contributed by atoms with Crippen molar-refractivity contribution < 1.29 is 14.3 Å². The number of nitrogens with zero attached hydrogens (tertiary/aromatic N) is 3. The first-order chi connectivity index (χ1) is 14.5. The highest BCUT2D eigenvalue weighted by atomic mass is 32.2. The number of ether oxygens (including phenoxy) is 2. The van der Waals surface area contributed by atoms with Gasteiger partial charge in [-0.25, -0.2) is 0 Å². The predicted molar refractivity (Wildman–Crippen MR) is 119 cm³/mol. The molecule has 8 heteroatoms. The Bertz CT molecular complexity index is 986. The van der Waals surface area contributed by atoms with Crippen molar-refractivity contribution in [1.29, 1.82) is 0 Å². The van der Waals surface area contributed by atoms with E-state index in [4.69, 9.17) is 9.47 Å². The first-order valence-electron chi connectivity index (χ1n) is 9.65. The molecule has 0 unspecified atom stereocenters. The molecule has 0 bridgehead atoms. The molecule has 0 radical (unpaired) electrons. The molecule has 1 aromatic heterocycles. The summed E-state index contributed by atoms with van der Waals surface area (Å²) in [6, 6.07) is 15.0. The molecular weight excluding hydrogens is 400 g/mol. The molecule has 0 spiro atoms. The predicted octanol–water partition coefficient (Wildman–Crippen LogP) is 4.26. The quantitative estimate of drug-likeness (QED) is 0.515. The second-order valence-corrected chi connectivity index (χ2v) is 8.11. The van der Waals surface area contributed by atoms with Gasteiger partial charge in [-0.2, -0.15) is 0 Å². The zero-order valence-corrected chi connectivity index (χ0v) is 18.4. The van der Waals surface area contributed by atoms with Crippen LogP contribution in [0.15, 0.2) is 53.7 Å². The van der Waals surface area contributed by atoms with E-state index < -0.39 is 0 Å². The van der Waals surface area contributed by atoms with E-state index in [-0.39, 0.29) is 11.7 Å². The van der Waals surface area contributed by atoms with Crippen LogP contribution in [-0.4, -0.2) is 40.1 Å². The number of hydrogen-bond donors (Lipinski definition) is 1. The Labute approximate surface area is 180 Å². The summed E-state index contributed by atoms with van der Waals surface area (Å²) in [5, 5.41) is 12.0. The smallest absolute Gasteiger partial charge is 0.234 e. The summed E-state index contributed by atoms with van der Waals surface area (Å²) < 4.78 is 12.8. The van der Waals surface area contributed by atoms with Gasteiger partial charge in [-0.3, -0.25) is 4.79 Å². The molecule has 0 aliphatic heterocycles. The topological polar surface area (TPSA) is 78.3 Å². The molecule has 0 atom stereocenters. The van der Waals surface area contributed by atoms with Crippen LogP contribution < -0.4 is 14.8 Å². The van der Waals surface area contributed by atoms with Crippen LogP contribution in [0.4, 0.5) is 5.69 Å². The third-order valence-electron chi connectivity index (χ3n) is 4.22. The van der Waals surface area contributed by atoms with E-state index >= 15 is 0 Å². The van der Waals surface area contributed by atoms with E-state index in [2.05, 4.69) is 29.4 Å². The molecule has 7 nitrogen and oxygen atoms in total. The van der Waals surface area contributed by atoms with E-state index in [1.807, 2.05) is 54.1 Å². The zero-order valence-electron chi connectivity index (χ0n) is 17.6. The van der Waals surface area contributed by atoms with Crippen molar-refractivity contribution >= 4 is 23.4 Å². The van der Waals surface area contributed by atoms with Crippen LogP contribution in [0.1, 0.15) is 13.8 Å². The fourth-order valence-electron chi connectivity index (χ4n) is 2.68. The van der Waals surface area contributed by atoms with Gasteiger partial charge in [0.2, 0.25) is 5.91 Å². The maximum Gasteiger partial charge on any atom is 0.234 e. The van der Waals surface area contributed by atoms with Crippen LogP contribution in [0.2, 0.25) is 0 Å². The molecular formula is C22H26N4O3S. The summed E-state index contributed by atoms with van der Waals surface area (Å²) >= 11 is 1.34. The average Bonchev–Trinajstić information content (AvgIpc) is 3.11. The number of nitrogens with one attached hydrogen (secondary N) is 1. The molecule has 30 heavy (non-hydrogen) atoms. The van der Waals surface area contributed by atoms with Crippen LogP contribution >= 0.6 is 11.8 Å². The first-order valence-corrected chi connectivity index (χ1v) is 10.6. The maximum atomic E-state index is 12.3. The lowest BCUT2D eigenvalue weighted by molar-refractivity contribution is -0.113. The van der Waals surface area contributed by atoms with Crippen LogP contribution in [0, 0.1) is 5.92 Å². The monoisotopic (exact) mass is 426 g/mol. The van der Waals surface area contributed by atoms with Crippen LogP contribution in [0.3, 0.4) is 0 Å². The van der Waals surface area contributed by atoms with Gasteiger partial charge < -0.3 is 19.4 Å². The van der Waals surface area contributed by atoms with Crippen molar-refractivity contribution in [1.82, 2.24) is 14.8 Å². The molecule has 158 valence electrons. The lowest BCUT2D eigenvalue weighted by atomic mass is 10.2. The molecule has 1 N–H and O–H groups in total. The fraction of sp³-hybridized carbons (Fsp3) is 0.318. The summed E-state index contributed by atoms with van der Waals surface area (Å²) in [6.07, 6.45) is 0. The normalized spacial score (nSPS) is 10.8. The minimum Gasteiger partial charge on any atom is -0.497 e. The molecule has 0 fully saturated rings. The van der Waals surface area contributed by atoms with Gasteiger partial charge in [0.25, 0.3) is 0 Å². The van der Waals surface area contributed by atoms with Gasteiger partial charge in [0, 0.05) is 24.4 Å². The molecule has 0 aliphatic carbocycles. The number of anilines is 1. The Hall–Kier alpha value is -3.00. The summed E-state index contributed by atoms with van der Waals surface area (Å²) in [4.78, 5) is 12.3. The standard InChI is InChI=1S/C22H26N4O3S/c1-15(2)13-29-18-10-8-16(9-11-18)21-24-25-22(26(21)3)30-14-20(27)23-17-6-5-7-19(12-17)28-4/h5-12,15H,13-14H2,1-4H3,(H,23,27). The van der Waals surface area contributed by atoms with Gasteiger partial charge >= 0.3 is 0 Å². The molecule has 3 rings (SSSR count). The third kappa shape index (κ3) is 5.76. The molecule has 1 amide bonds. The average molecular weight is 427 g/mol. The van der Waals surface area contributed by atoms with Crippen LogP contribution in [0.5, 0.6) is 11.5 Å². The van der Waals surface area contributed by atoms with Gasteiger partial charge in [0.15, 0.2) is 11.0 Å². The van der Waals surface area contributed by atoms with Crippen LogP contribution in [-0.2, 0) is 11.8 Å². The highest BCUT2D eigenvalue weighted by Gasteiger charge is 2.13. The third-order valence-corrected chi connectivity index (χ3v) is 5.24. The highest BCUT2D eigenvalue weighted by Crippen LogP contribution is 2.25. The number of methoxy groups -OCH3 is 1. The Kier molecular flexibility index (Phi) is 7.35. The minimum atomic E-state index is -0.121. The second-order valence-electron chi connectivity index (χ2n) is 7.16. The van der Waals surface area contributed by atoms with Crippen molar-refractivity contribution in [3.05, 3.63) is 48.5 Å². The summed E-state index contributed by atoms with van der Waals surface area (Å²) in [7, 11) is 3.48.